The number of nitrogens with zero attached hydrogens (tertiary/aromatic N) is 3. The Labute approximate surface area is 195 Å². The van der Waals surface area contributed by atoms with Crippen molar-refractivity contribution in [2.75, 3.05) is 0 Å². The summed E-state index contributed by atoms with van der Waals surface area (Å²) in [4.78, 5) is 13.1. The molecule has 0 amide bonds. The molecule has 0 N–H and O–H groups in total. The Morgan fingerprint density at radius 2 is 1.32 bits per heavy atom. The zero-order valence-corrected chi connectivity index (χ0v) is 18.8. The molecular weight excluding hydrogens is 561 g/mol. The van der Waals surface area contributed by atoms with Crippen LogP contribution in [0.15, 0.2) is 97.3 Å². The molecule has 0 fully saturated rings. The monoisotopic (exact) mass is 579 g/mol. The molecule has 0 saturated heterocycles. The van der Waals surface area contributed by atoms with E-state index in [2.05, 4.69) is 52.5 Å². The van der Waals surface area contributed by atoms with Crippen LogP contribution in [-0.2, 0) is 21.1 Å². The van der Waals surface area contributed by atoms with Crippen LogP contribution in [0.5, 0.6) is 0 Å². The van der Waals surface area contributed by atoms with E-state index in [1.807, 2.05) is 60.7 Å². The summed E-state index contributed by atoms with van der Waals surface area (Å²) in [5, 5.41) is 1.26. The fraction of sp³-hybridized carbons (Fsp3) is 0. The standard InChI is InChI=1S/C17H10N.C10H8N2.Pt/c1-2-5-12(6-3-1)16-11-14-10-9-13-7-4-8-15(18-16)17(13)14;1-3-7-11-9(5-1)10-6-2-4-8-12-10;/h1-5,7-11H;1-8H;/q-1;;. The third kappa shape index (κ3) is 4.52. The van der Waals surface area contributed by atoms with Gasteiger partial charge in [-0.05, 0) is 47.2 Å². The number of pyridine rings is 3. The third-order valence-electron chi connectivity index (χ3n) is 4.92. The molecule has 4 heteroatoms. The summed E-state index contributed by atoms with van der Waals surface area (Å²) in [6.45, 7) is 0. The molecule has 0 radical (unpaired) electrons. The van der Waals surface area contributed by atoms with Crippen molar-refractivity contribution >= 4 is 23.1 Å². The van der Waals surface area contributed by atoms with Gasteiger partial charge in [0.15, 0.2) is 0 Å². The molecule has 2 aromatic carbocycles. The summed E-state index contributed by atoms with van der Waals surface area (Å²) in [5.74, 6) is 0. The number of hydrogen-bond donors (Lipinski definition) is 0. The first-order valence-electron chi connectivity index (χ1n) is 9.80. The summed E-state index contributed by atoms with van der Waals surface area (Å²) in [7, 11) is 0. The van der Waals surface area contributed by atoms with E-state index >= 15 is 0 Å². The molecule has 31 heavy (non-hydrogen) atoms. The van der Waals surface area contributed by atoms with E-state index in [0.717, 1.165) is 28.2 Å². The first-order valence-corrected chi connectivity index (χ1v) is 9.80. The predicted molar refractivity (Wildman–Crippen MR) is 122 cm³/mol. The first-order chi connectivity index (χ1) is 14.9. The quantitative estimate of drug-likeness (QED) is 0.225. The Hall–Kier alpha value is -3.42. The average molecular weight is 580 g/mol. The van der Waals surface area contributed by atoms with Crippen molar-refractivity contribution in [3.05, 3.63) is 115 Å². The van der Waals surface area contributed by atoms with Gasteiger partial charge in [0.1, 0.15) is 0 Å². The Morgan fingerprint density at radius 1 is 0.613 bits per heavy atom. The number of benzene rings is 2. The molecule has 0 saturated carbocycles. The van der Waals surface area contributed by atoms with Gasteiger partial charge in [0.05, 0.1) is 16.9 Å². The SMILES string of the molecule is [Pt].[c-]1ccccc1-c1cc2c3c(cccc3n1)C=C2.c1ccc(-c2ccccn2)nc1. The number of aromatic nitrogens is 3. The third-order valence-corrected chi connectivity index (χ3v) is 4.92. The molecule has 3 heterocycles. The van der Waals surface area contributed by atoms with Gasteiger partial charge in [-0.25, -0.2) is 0 Å². The topological polar surface area (TPSA) is 38.7 Å². The summed E-state index contributed by atoms with van der Waals surface area (Å²) >= 11 is 0. The van der Waals surface area contributed by atoms with Crippen molar-refractivity contribution in [1.29, 1.82) is 0 Å². The molecular formula is C27H18N3Pt-. The minimum atomic E-state index is 0. The molecule has 0 aliphatic heterocycles. The van der Waals surface area contributed by atoms with Crippen LogP contribution in [0.1, 0.15) is 11.1 Å². The van der Waals surface area contributed by atoms with Crippen molar-refractivity contribution in [3.63, 3.8) is 0 Å². The van der Waals surface area contributed by atoms with Crippen molar-refractivity contribution in [1.82, 2.24) is 15.0 Å². The van der Waals surface area contributed by atoms with E-state index in [1.165, 1.54) is 16.5 Å². The molecule has 5 aromatic rings. The maximum absolute atomic E-state index is 4.74. The van der Waals surface area contributed by atoms with Crippen molar-refractivity contribution < 1.29 is 21.1 Å². The largest absolute Gasteiger partial charge is 0.296 e. The molecule has 3 nitrogen and oxygen atoms in total. The number of hydrogen-bond acceptors (Lipinski definition) is 3. The van der Waals surface area contributed by atoms with Gasteiger partial charge in [0.25, 0.3) is 0 Å². The molecule has 3 aromatic heterocycles. The van der Waals surface area contributed by atoms with Gasteiger partial charge < -0.3 is 0 Å². The molecule has 152 valence electrons. The predicted octanol–water partition coefficient (Wildman–Crippen LogP) is 6.33. The smallest absolute Gasteiger partial charge is 0.0886 e. The Kier molecular flexibility index (Phi) is 6.45. The van der Waals surface area contributed by atoms with Gasteiger partial charge in [0.2, 0.25) is 0 Å². The second-order valence-electron chi connectivity index (χ2n) is 6.88. The minimum absolute atomic E-state index is 0. The molecule has 0 spiro atoms. The second kappa shape index (κ2) is 9.59. The van der Waals surface area contributed by atoms with Gasteiger partial charge in [-0.2, -0.15) is 0 Å². The second-order valence-corrected chi connectivity index (χ2v) is 6.88. The van der Waals surface area contributed by atoms with Crippen LogP contribution < -0.4 is 0 Å². The fourth-order valence-corrected chi connectivity index (χ4v) is 3.52. The van der Waals surface area contributed by atoms with Crippen molar-refractivity contribution in [3.8, 4) is 22.6 Å². The number of rotatable bonds is 2. The summed E-state index contributed by atoms with van der Waals surface area (Å²) in [6, 6.07) is 31.2. The summed E-state index contributed by atoms with van der Waals surface area (Å²) in [6.07, 6.45) is 7.84. The van der Waals surface area contributed by atoms with E-state index in [9.17, 15) is 0 Å². The van der Waals surface area contributed by atoms with E-state index in [4.69, 9.17) is 4.98 Å². The van der Waals surface area contributed by atoms with Crippen LogP contribution in [0, 0.1) is 6.07 Å². The zero-order valence-electron chi connectivity index (χ0n) is 16.6. The molecule has 6 rings (SSSR count). The normalized spacial score (nSPS) is 10.8. The van der Waals surface area contributed by atoms with E-state index < -0.39 is 0 Å². The Balaban J connectivity index is 0.000000156. The van der Waals surface area contributed by atoms with Gasteiger partial charge in [-0.1, -0.05) is 42.5 Å². The zero-order chi connectivity index (χ0) is 20.2. The van der Waals surface area contributed by atoms with Crippen LogP contribution in [0.3, 0.4) is 0 Å². The van der Waals surface area contributed by atoms with Crippen LogP contribution >= 0.6 is 0 Å². The van der Waals surface area contributed by atoms with Crippen LogP contribution in [0.25, 0.3) is 45.7 Å². The molecule has 0 unspecified atom stereocenters. The minimum Gasteiger partial charge on any atom is -0.296 e. The van der Waals surface area contributed by atoms with E-state index in [-0.39, 0.29) is 21.1 Å². The van der Waals surface area contributed by atoms with E-state index in [0.29, 0.717) is 0 Å². The summed E-state index contributed by atoms with van der Waals surface area (Å²) in [5.41, 5.74) is 7.43. The van der Waals surface area contributed by atoms with E-state index in [1.54, 1.807) is 12.4 Å². The average Bonchev–Trinajstić information content (AvgIpc) is 3.26. The van der Waals surface area contributed by atoms with Gasteiger partial charge in [-0.15, -0.1) is 35.9 Å². The first kappa shape index (κ1) is 20.8. The van der Waals surface area contributed by atoms with Crippen LogP contribution in [-0.4, -0.2) is 15.0 Å². The molecule has 1 aliphatic carbocycles. The van der Waals surface area contributed by atoms with Crippen LogP contribution in [0.4, 0.5) is 0 Å². The van der Waals surface area contributed by atoms with Gasteiger partial charge >= 0.3 is 0 Å². The molecule has 1 aliphatic rings. The maximum Gasteiger partial charge on any atom is 0.0886 e. The van der Waals surface area contributed by atoms with Gasteiger partial charge in [-0.3, -0.25) is 15.0 Å². The van der Waals surface area contributed by atoms with Crippen molar-refractivity contribution in [2.24, 2.45) is 0 Å². The summed E-state index contributed by atoms with van der Waals surface area (Å²) < 4.78 is 0. The molecule has 0 bridgehead atoms. The van der Waals surface area contributed by atoms with Gasteiger partial charge in [0, 0.05) is 38.8 Å². The fourth-order valence-electron chi connectivity index (χ4n) is 3.52. The Bertz CT molecular complexity index is 1280. The Morgan fingerprint density at radius 3 is 1.97 bits per heavy atom. The van der Waals surface area contributed by atoms with Crippen molar-refractivity contribution in [2.45, 2.75) is 0 Å². The maximum atomic E-state index is 4.74. The molecule has 0 atom stereocenters. The van der Waals surface area contributed by atoms with Crippen LogP contribution in [0.2, 0.25) is 0 Å².